The Kier molecular flexibility index (Phi) is 7.88. The highest BCUT2D eigenvalue weighted by Crippen LogP contribution is 2.33. The zero-order valence-corrected chi connectivity index (χ0v) is 19.0. The maximum absolute atomic E-state index is 12.0. The number of amides is 2. The van der Waals surface area contributed by atoms with Crippen LogP contribution in [0.4, 0.5) is 0 Å². The highest BCUT2D eigenvalue weighted by atomic mass is 79.9. The fourth-order valence-electron chi connectivity index (χ4n) is 2.25. The molecule has 6 nitrogen and oxygen atoms in total. The third-order valence-electron chi connectivity index (χ3n) is 3.63. The molecule has 0 saturated carbocycles. The highest BCUT2D eigenvalue weighted by molar-refractivity contribution is 9.10. The Morgan fingerprint density at radius 3 is 1.96 bits per heavy atom. The van der Waals surface area contributed by atoms with Crippen molar-refractivity contribution in [1.29, 1.82) is 0 Å². The molecule has 0 bridgehead atoms. The second-order valence-corrected chi connectivity index (χ2v) is 8.85. The molecular formula is C20H22Br2N2O4. The van der Waals surface area contributed by atoms with E-state index in [9.17, 15) is 9.59 Å². The monoisotopic (exact) mass is 512 g/mol. The van der Waals surface area contributed by atoms with Gasteiger partial charge in [-0.3, -0.25) is 20.4 Å². The number of rotatable bonds is 6. The van der Waals surface area contributed by atoms with Gasteiger partial charge < -0.3 is 9.47 Å². The maximum atomic E-state index is 12.0. The summed E-state index contributed by atoms with van der Waals surface area (Å²) in [4.78, 5) is 23.7. The molecule has 2 aromatic carbocycles. The van der Waals surface area contributed by atoms with E-state index in [0.717, 1.165) is 14.5 Å². The van der Waals surface area contributed by atoms with Gasteiger partial charge in [0, 0.05) is 14.5 Å². The molecule has 0 unspecified atom stereocenters. The van der Waals surface area contributed by atoms with Crippen LogP contribution in [0.15, 0.2) is 51.4 Å². The fraction of sp³-hybridized carbons (Fsp3) is 0.300. The molecule has 150 valence electrons. The van der Waals surface area contributed by atoms with Gasteiger partial charge in [0.25, 0.3) is 11.8 Å². The van der Waals surface area contributed by atoms with Crippen molar-refractivity contribution in [2.24, 2.45) is 0 Å². The SMILES string of the molecule is CC(C)(C)c1cc(Br)ccc1OCC(=O)NNC(=O)COc1ccc(Br)cc1. The molecule has 0 aliphatic carbocycles. The van der Waals surface area contributed by atoms with Crippen LogP contribution in [0.25, 0.3) is 0 Å². The lowest BCUT2D eigenvalue weighted by Crippen LogP contribution is -2.45. The van der Waals surface area contributed by atoms with Crippen LogP contribution in [-0.4, -0.2) is 25.0 Å². The summed E-state index contributed by atoms with van der Waals surface area (Å²) in [7, 11) is 0. The van der Waals surface area contributed by atoms with Gasteiger partial charge in [0.05, 0.1) is 0 Å². The molecule has 8 heteroatoms. The normalized spacial score (nSPS) is 10.9. The van der Waals surface area contributed by atoms with Gasteiger partial charge in [0.1, 0.15) is 11.5 Å². The minimum atomic E-state index is -0.477. The molecule has 0 heterocycles. The zero-order valence-electron chi connectivity index (χ0n) is 15.8. The Hall–Kier alpha value is -2.06. The summed E-state index contributed by atoms with van der Waals surface area (Å²) >= 11 is 6.77. The van der Waals surface area contributed by atoms with Crippen molar-refractivity contribution in [2.75, 3.05) is 13.2 Å². The number of ether oxygens (including phenoxy) is 2. The summed E-state index contributed by atoms with van der Waals surface area (Å²) in [6.07, 6.45) is 0. The Balaban J connectivity index is 1.78. The number of hydrogen-bond donors (Lipinski definition) is 2. The fourth-order valence-corrected chi connectivity index (χ4v) is 2.87. The number of hydrazine groups is 1. The summed E-state index contributed by atoms with van der Waals surface area (Å²) < 4.78 is 12.8. The van der Waals surface area contributed by atoms with Gasteiger partial charge in [-0.25, -0.2) is 0 Å². The molecule has 2 amide bonds. The first-order chi connectivity index (χ1) is 13.1. The van der Waals surface area contributed by atoms with Crippen molar-refractivity contribution in [3.8, 4) is 11.5 Å². The smallest absolute Gasteiger partial charge is 0.276 e. The summed E-state index contributed by atoms with van der Waals surface area (Å²) in [6, 6.07) is 12.7. The summed E-state index contributed by atoms with van der Waals surface area (Å²) in [6.45, 7) is 5.75. The lowest BCUT2D eigenvalue weighted by molar-refractivity contribution is -0.131. The van der Waals surface area contributed by atoms with Crippen LogP contribution in [0.2, 0.25) is 0 Å². The van der Waals surface area contributed by atoms with Gasteiger partial charge in [0.15, 0.2) is 13.2 Å². The molecule has 0 aromatic heterocycles. The van der Waals surface area contributed by atoms with E-state index in [1.54, 1.807) is 24.3 Å². The molecule has 0 radical (unpaired) electrons. The Labute approximate surface area is 181 Å². The van der Waals surface area contributed by atoms with E-state index in [1.165, 1.54) is 0 Å². The highest BCUT2D eigenvalue weighted by Gasteiger charge is 2.20. The average Bonchev–Trinajstić information content (AvgIpc) is 2.64. The van der Waals surface area contributed by atoms with Crippen LogP contribution in [0.1, 0.15) is 26.3 Å². The van der Waals surface area contributed by atoms with Gasteiger partial charge in [-0.1, -0.05) is 52.6 Å². The summed E-state index contributed by atoms with van der Waals surface area (Å²) in [5, 5.41) is 0. The Bertz CT molecular complexity index is 833. The van der Waals surface area contributed by atoms with Crippen LogP contribution < -0.4 is 20.3 Å². The van der Waals surface area contributed by atoms with Gasteiger partial charge in [-0.2, -0.15) is 0 Å². The molecule has 2 N–H and O–H groups in total. The van der Waals surface area contributed by atoms with Crippen LogP contribution >= 0.6 is 31.9 Å². The second kappa shape index (κ2) is 9.93. The number of hydrogen-bond acceptors (Lipinski definition) is 4. The van der Waals surface area contributed by atoms with E-state index in [2.05, 4.69) is 63.5 Å². The van der Waals surface area contributed by atoms with E-state index >= 15 is 0 Å². The number of carbonyl (C=O) groups is 2. The first-order valence-corrected chi connectivity index (χ1v) is 10.1. The number of benzene rings is 2. The van der Waals surface area contributed by atoms with Crippen molar-refractivity contribution in [3.63, 3.8) is 0 Å². The van der Waals surface area contributed by atoms with Crippen LogP contribution in [0.5, 0.6) is 11.5 Å². The van der Waals surface area contributed by atoms with Gasteiger partial charge in [-0.15, -0.1) is 0 Å². The van der Waals surface area contributed by atoms with Crippen molar-refractivity contribution >= 4 is 43.7 Å². The molecule has 0 aliphatic rings. The van der Waals surface area contributed by atoms with Crippen molar-refractivity contribution < 1.29 is 19.1 Å². The van der Waals surface area contributed by atoms with Crippen LogP contribution in [0.3, 0.4) is 0 Å². The molecule has 0 saturated heterocycles. The molecule has 0 fully saturated rings. The van der Waals surface area contributed by atoms with Crippen LogP contribution in [0, 0.1) is 0 Å². The minimum absolute atomic E-state index is 0.145. The number of nitrogens with one attached hydrogen (secondary N) is 2. The topological polar surface area (TPSA) is 76.7 Å². The van der Waals surface area contributed by atoms with Gasteiger partial charge in [-0.05, 0) is 47.9 Å². The van der Waals surface area contributed by atoms with Crippen molar-refractivity contribution in [2.45, 2.75) is 26.2 Å². The lowest BCUT2D eigenvalue weighted by Gasteiger charge is -2.23. The largest absolute Gasteiger partial charge is 0.484 e. The van der Waals surface area contributed by atoms with E-state index in [1.807, 2.05) is 18.2 Å². The van der Waals surface area contributed by atoms with E-state index in [-0.39, 0.29) is 18.6 Å². The third-order valence-corrected chi connectivity index (χ3v) is 4.66. The van der Waals surface area contributed by atoms with Gasteiger partial charge in [0.2, 0.25) is 0 Å². The summed E-state index contributed by atoms with van der Waals surface area (Å²) in [5.74, 6) is 0.226. The van der Waals surface area contributed by atoms with E-state index in [4.69, 9.17) is 9.47 Å². The first kappa shape index (κ1) is 22.2. The quantitative estimate of drug-likeness (QED) is 0.570. The van der Waals surface area contributed by atoms with Gasteiger partial charge >= 0.3 is 0 Å². The van der Waals surface area contributed by atoms with Crippen molar-refractivity contribution in [1.82, 2.24) is 10.9 Å². The Morgan fingerprint density at radius 1 is 0.857 bits per heavy atom. The molecular weight excluding hydrogens is 492 g/mol. The molecule has 0 aliphatic heterocycles. The Morgan fingerprint density at radius 2 is 1.39 bits per heavy atom. The van der Waals surface area contributed by atoms with E-state index < -0.39 is 11.8 Å². The lowest BCUT2D eigenvalue weighted by atomic mass is 9.86. The second-order valence-electron chi connectivity index (χ2n) is 7.02. The predicted octanol–water partition coefficient (Wildman–Crippen LogP) is 4.11. The maximum Gasteiger partial charge on any atom is 0.276 e. The third kappa shape index (κ3) is 7.16. The average molecular weight is 514 g/mol. The first-order valence-electron chi connectivity index (χ1n) is 8.54. The molecule has 2 rings (SSSR count). The molecule has 0 spiro atoms. The minimum Gasteiger partial charge on any atom is -0.484 e. The standard InChI is InChI=1S/C20H22Br2N2O4/c1-20(2,3)16-10-14(22)6-9-17(16)28-12-19(26)24-23-18(25)11-27-15-7-4-13(21)5-8-15/h4-10H,11-12H2,1-3H3,(H,23,25)(H,24,26). The number of carbonyl (C=O) groups excluding carboxylic acids is 2. The molecule has 2 aromatic rings. The number of halogens is 2. The van der Waals surface area contributed by atoms with Crippen molar-refractivity contribution in [3.05, 3.63) is 57.0 Å². The molecule has 28 heavy (non-hydrogen) atoms. The summed E-state index contributed by atoms with van der Waals surface area (Å²) in [5.41, 5.74) is 5.43. The van der Waals surface area contributed by atoms with E-state index in [0.29, 0.717) is 11.5 Å². The van der Waals surface area contributed by atoms with Crippen LogP contribution in [-0.2, 0) is 15.0 Å². The zero-order chi connectivity index (χ0) is 20.7. The molecule has 0 atom stereocenters. The predicted molar refractivity (Wildman–Crippen MR) is 114 cm³/mol.